The van der Waals surface area contributed by atoms with Crippen LogP contribution in [-0.4, -0.2) is 40.6 Å². The van der Waals surface area contributed by atoms with Crippen LogP contribution in [0.3, 0.4) is 0 Å². The first-order valence-corrected chi connectivity index (χ1v) is 10.8. The molecule has 0 amide bonds. The van der Waals surface area contributed by atoms with Crippen molar-refractivity contribution in [3.63, 3.8) is 0 Å². The van der Waals surface area contributed by atoms with Crippen molar-refractivity contribution in [1.29, 1.82) is 0 Å². The molecule has 1 saturated heterocycles. The fourth-order valence-electron chi connectivity index (χ4n) is 2.02. The number of benzene rings is 1. The van der Waals surface area contributed by atoms with Gasteiger partial charge in [0, 0.05) is 12.3 Å². The van der Waals surface area contributed by atoms with Gasteiger partial charge in [-0.15, -0.1) is 0 Å². The van der Waals surface area contributed by atoms with Gasteiger partial charge in [-0.25, -0.2) is 25.9 Å². The number of nitrogens with one attached hydrogen (secondary N) is 1. The zero-order valence-corrected chi connectivity index (χ0v) is 13.8. The lowest BCUT2D eigenvalue weighted by molar-refractivity contribution is 0.518. The van der Waals surface area contributed by atoms with Crippen LogP contribution in [0, 0.1) is 5.82 Å². The van der Waals surface area contributed by atoms with Crippen molar-refractivity contribution in [1.82, 2.24) is 4.72 Å². The Balaban J connectivity index is 2.34. The van der Waals surface area contributed by atoms with Gasteiger partial charge in [-0.3, -0.25) is 0 Å². The quantitative estimate of drug-likeness (QED) is 0.828. The van der Waals surface area contributed by atoms with E-state index in [1.54, 1.807) is 11.8 Å². The van der Waals surface area contributed by atoms with Crippen molar-refractivity contribution in [3.05, 3.63) is 24.0 Å². The summed E-state index contributed by atoms with van der Waals surface area (Å²) in [6, 6.07) is 2.55. The molecule has 1 heterocycles. The lowest BCUT2D eigenvalue weighted by Crippen LogP contribution is -2.37. The van der Waals surface area contributed by atoms with E-state index in [9.17, 15) is 21.2 Å². The van der Waals surface area contributed by atoms with Crippen LogP contribution < -0.4 is 4.72 Å². The number of halogens is 1. The molecule has 1 aliphatic rings. The molecule has 0 unspecified atom stereocenters. The average Bonchev–Trinajstić information content (AvgIpc) is 2.38. The van der Waals surface area contributed by atoms with Crippen molar-refractivity contribution in [2.45, 2.75) is 28.7 Å². The summed E-state index contributed by atoms with van der Waals surface area (Å²) in [5.74, 6) is 0.734. The summed E-state index contributed by atoms with van der Waals surface area (Å²) in [5, 5.41) is 0. The molecule has 1 N–H and O–H groups in total. The molecule has 9 heteroatoms. The molecule has 1 aliphatic heterocycles. The van der Waals surface area contributed by atoms with E-state index in [1.165, 1.54) is 0 Å². The molecule has 0 bridgehead atoms. The van der Waals surface area contributed by atoms with Crippen LogP contribution in [0.15, 0.2) is 28.0 Å². The van der Waals surface area contributed by atoms with Crippen LogP contribution >= 0.6 is 11.8 Å². The van der Waals surface area contributed by atoms with Crippen molar-refractivity contribution >= 4 is 31.6 Å². The summed E-state index contributed by atoms with van der Waals surface area (Å²) in [5.41, 5.74) is 0. The summed E-state index contributed by atoms with van der Waals surface area (Å²) in [6.45, 7) is 0. The van der Waals surface area contributed by atoms with Crippen LogP contribution in [0.5, 0.6) is 0 Å². The Kier molecular flexibility index (Phi) is 4.96. The molecular weight excluding hydrogens is 337 g/mol. The fourth-order valence-corrected chi connectivity index (χ4v) is 5.26. The molecular formula is C12H16FNO4S3. The molecule has 118 valence electrons. The summed E-state index contributed by atoms with van der Waals surface area (Å²) < 4.78 is 63.7. The van der Waals surface area contributed by atoms with Crippen molar-refractivity contribution in [3.8, 4) is 0 Å². The number of hydrogen-bond donors (Lipinski definition) is 1. The summed E-state index contributed by atoms with van der Waals surface area (Å²) in [7, 11) is -7.67. The van der Waals surface area contributed by atoms with E-state index in [1.807, 2.05) is 0 Å². The van der Waals surface area contributed by atoms with E-state index in [4.69, 9.17) is 0 Å². The summed E-state index contributed by atoms with van der Waals surface area (Å²) >= 11 is 1.74. The van der Waals surface area contributed by atoms with Gasteiger partial charge in [0.25, 0.3) is 0 Å². The van der Waals surface area contributed by atoms with E-state index in [-0.39, 0.29) is 10.9 Å². The minimum absolute atomic E-state index is 0.219. The third kappa shape index (κ3) is 4.18. The zero-order chi connectivity index (χ0) is 15.7. The van der Waals surface area contributed by atoms with Crippen LogP contribution in [0.1, 0.15) is 12.8 Å². The molecule has 1 aromatic rings. The molecule has 5 nitrogen and oxygen atoms in total. The van der Waals surface area contributed by atoms with E-state index in [0.29, 0.717) is 12.8 Å². The van der Waals surface area contributed by atoms with Gasteiger partial charge in [-0.1, -0.05) is 0 Å². The number of thioether (sulfide) groups is 1. The molecule has 2 rings (SSSR count). The molecule has 0 spiro atoms. The topological polar surface area (TPSA) is 80.3 Å². The third-order valence-electron chi connectivity index (χ3n) is 3.16. The first-order valence-electron chi connectivity index (χ1n) is 6.30. The predicted molar refractivity (Wildman–Crippen MR) is 80.2 cm³/mol. The van der Waals surface area contributed by atoms with E-state index in [0.717, 1.165) is 36.0 Å². The molecule has 21 heavy (non-hydrogen) atoms. The maximum Gasteiger partial charge on any atom is 0.243 e. The predicted octanol–water partition coefficient (Wildman–Crippen LogP) is 1.40. The van der Waals surface area contributed by atoms with E-state index < -0.39 is 30.6 Å². The molecule has 1 aromatic carbocycles. The summed E-state index contributed by atoms with van der Waals surface area (Å²) in [4.78, 5) is -0.841. The lowest BCUT2D eigenvalue weighted by Gasteiger charge is -2.22. The van der Waals surface area contributed by atoms with Gasteiger partial charge < -0.3 is 0 Å². The van der Waals surface area contributed by atoms with Gasteiger partial charge >= 0.3 is 0 Å². The van der Waals surface area contributed by atoms with Crippen LogP contribution in [0.25, 0.3) is 0 Å². The largest absolute Gasteiger partial charge is 0.243 e. The smallest absolute Gasteiger partial charge is 0.224 e. The number of rotatable bonds is 4. The Morgan fingerprint density at radius 1 is 1.19 bits per heavy atom. The minimum Gasteiger partial charge on any atom is -0.224 e. The Labute approximate surface area is 128 Å². The van der Waals surface area contributed by atoms with Crippen LogP contribution in [0.2, 0.25) is 0 Å². The highest BCUT2D eigenvalue weighted by Gasteiger charge is 2.26. The normalized spacial score (nSPS) is 17.8. The van der Waals surface area contributed by atoms with Gasteiger partial charge in [-0.05, 0) is 42.5 Å². The van der Waals surface area contributed by atoms with Crippen LogP contribution in [0.4, 0.5) is 4.39 Å². The van der Waals surface area contributed by atoms with E-state index >= 15 is 0 Å². The second-order valence-corrected chi connectivity index (χ2v) is 9.80. The Morgan fingerprint density at radius 2 is 1.81 bits per heavy atom. The van der Waals surface area contributed by atoms with Gasteiger partial charge in [0.15, 0.2) is 9.84 Å². The first kappa shape index (κ1) is 16.7. The maximum atomic E-state index is 13.8. The third-order valence-corrected chi connectivity index (χ3v) is 6.86. The molecule has 0 aliphatic carbocycles. The number of sulfonamides is 1. The van der Waals surface area contributed by atoms with Gasteiger partial charge in [0.1, 0.15) is 10.7 Å². The van der Waals surface area contributed by atoms with E-state index in [2.05, 4.69) is 4.72 Å². The highest BCUT2D eigenvalue weighted by molar-refractivity contribution is 7.99. The Morgan fingerprint density at radius 3 is 2.38 bits per heavy atom. The maximum absolute atomic E-state index is 13.8. The zero-order valence-electron chi connectivity index (χ0n) is 11.4. The van der Waals surface area contributed by atoms with Crippen molar-refractivity contribution in [2.24, 2.45) is 0 Å². The standard InChI is InChI=1S/C12H16FNO4S3/c1-20(15,16)10-2-3-11(13)12(8-10)21(17,18)14-9-4-6-19-7-5-9/h2-3,8-9,14H,4-7H2,1H3. The van der Waals surface area contributed by atoms with Crippen molar-refractivity contribution < 1.29 is 21.2 Å². The highest BCUT2D eigenvalue weighted by atomic mass is 32.2. The average molecular weight is 353 g/mol. The Hall–Kier alpha value is -0.640. The number of hydrogen-bond acceptors (Lipinski definition) is 5. The first-order chi connectivity index (χ1) is 9.70. The second kappa shape index (κ2) is 6.23. The van der Waals surface area contributed by atoms with Crippen molar-refractivity contribution in [2.75, 3.05) is 17.8 Å². The summed E-state index contributed by atoms with van der Waals surface area (Å²) in [6.07, 6.45) is 2.30. The SMILES string of the molecule is CS(=O)(=O)c1ccc(F)c(S(=O)(=O)NC2CCSCC2)c1. The molecule has 0 aromatic heterocycles. The van der Waals surface area contributed by atoms with Gasteiger partial charge in [-0.2, -0.15) is 11.8 Å². The number of sulfone groups is 1. The monoisotopic (exact) mass is 353 g/mol. The minimum atomic E-state index is -4.07. The molecule has 0 saturated carbocycles. The van der Waals surface area contributed by atoms with Gasteiger partial charge in [0.2, 0.25) is 10.0 Å². The van der Waals surface area contributed by atoms with Crippen LogP contribution in [-0.2, 0) is 19.9 Å². The fraction of sp³-hybridized carbons (Fsp3) is 0.500. The Bertz CT molecular complexity index is 725. The lowest BCUT2D eigenvalue weighted by atomic mass is 10.2. The van der Waals surface area contributed by atoms with Gasteiger partial charge in [0.05, 0.1) is 4.90 Å². The molecule has 0 radical (unpaired) electrons. The molecule has 0 atom stereocenters. The molecule has 1 fully saturated rings. The second-order valence-electron chi connectivity index (χ2n) is 4.87. The highest BCUT2D eigenvalue weighted by Crippen LogP contribution is 2.22.